The van der Waals surface area contributed by atoms with E-state index >= 15 is 0 Å². The highest BCUT2D eigenvalue weighted by atomic mass is 16.4. The van der Waals surface area contributed by atoms with E-state index in [9.17, 15) is 14.4 Å². The average molecular weight is 491 g/mol. The Hall–Kier alpha value is -4.47. The summed E-state index contributed by atoms with van der Waals surface area (Å²) >= 11 is 0. The van der Waals surface area contributed by atoms with Gasteiger partial charge in [0.15, 0.2) is 0 Å². The van der Waals surface area contributed by atoms with E-state index in [1.807, 2.05) is 38.1 Å². The van der Waals surface area contributed by atoms with Crippen LogP contribution in [-0.2, 0) is 11.3 Å². The van der Waals surface area contributed by atoms with Crippen LogP contribution in [0.5, 0.6) is 0 Å². The number of benzene rings is 1. The highest BCUT2D eigenvalue weighted by molar-refractivity contribution is 5.94. The van der Waals surface area contributed by atoms with Gasteiger partial charge in [-0.25, -0.2) is 9.78 Å². The number of carbonyl (C=O) groups excluding carboxylic acids is 2. The summed E-state index contributed by atoms with van der Waals surface area (Å²) in [6.45, 7) is 4.77. The zero-order chi connectivity index (χ0) is 26.1. The lowest BCUT2D eigenvalue weighted by Crippen LogP contribution is -2.27. The van der Waals surface area contributed by atoms with Crippen molar-refractivity contribution in [2.24, 2.45) is 0 Å². The number of hydrogen-bond donors (Lipinski definition) is 4. The molecule has 0 saturated heterocycles. The van der Waals surface area contributed by atoms with Crippen LogP contribution in [0.4, 0.5) is 16.3 Å². The summed E-state index contributed by atoms with van der Waals surface area (Å²) in [5.74, 6) is 0.416. The molecule has 0 aliphatic heterocycles. The lowest BCUT2D eigenvalue weighted by Gasteiger charge is -2.19. The maximum absolute atomic E-state index is 12.6. The number of hydrogen-bond acceptors (Lipinski definition) is 6. The fourth-order valence-electron chi connectivity index (χ4n) is 3.54. The molecule has 0 unspecified atom stereocenters. The molecule has 0 atom stereocenters. The summed E-state index contributed by atoms with van der Waals surface area (Å²) in [6, 6.07) is 12.9. The van der Waals surface area contributed by atoms with E-state index in [1.54, 1.807) is 36.3 Å². The second-order valence-electron chi connectivity index (χ2n) is 8.13. The van der Waals surface area contributed by atoms with Crippen molar-refractivity contribution < 1.29 is 19.5 Å². The van der Waals surface area contributed by atoms with Crippen LogP contribution in [0.1, 0.15) is 34.8 Å². The largest absolute Gasteiger partial charge is 0.465 e. The Balaban J connectivity index is 1.55. The number of aryl methyl sites for hydroxylation is 1. The number of rotatable bonds is 10. The Morgan fingerprint density at radius 3 is 2.39 bits per heavy atom. The maximum atomic E-state index is 12.6. The molecule has 2 aromatic heterocycles. The Morgan fingerprint density at radius 2 is 1.78 bits per heavy atom. The predicted octanol–water partition coefficient (Wildman–Crippen LogP) is 3.43. The summed E-state index contributed by atoms with van der Waals surface area (Å²) in [4.78, 5) is 45.3. The molecule has 36 heavy (non-hydrogen) atoms. The Bertz CT molecular complexity index is 1210. The minimum Gasteiger partial charge on any atom is -0.465 e. The summed E-state index contributed by atoms with van der Waals surface area (Å²) in [6.07, 6.45) is 2.55. The first kappa shape index (κ1) is 26.1. The number of anilines is 2. The van der Waals surface area contributed by atoms with Gasteiger partial charge >= 0.3 is 6.09 Å². The van der Waals surface area contributed by atoms with E-state index in [2.05, 4.69) is 25.9 Å². The van der Waals surface area contributed by atoms with Gasteiger partial charge < -0.3 is 26.0 Å². The molecule has 10 heteroatoms. The van der Waals surface area contributed by atoms with Crippen molar-refractivity contribution in [2.75, 3.05) is 30.4 Å². The molecule has 188 valence electrons. The van der Waals surface area contributed by atoms with Crippen LogP contribution in [0.2, 0.25) is 0 Å². The topological polar surface area (TPSA) is 137 Å². The van der Waals surface area contributed by atoms with E-state index in [-0.39, 0.29) is 18.4 Å². The highest BCUT2D eigenvalue weighted by Crippen LogP contribution is 2.26. The average Bonchev–Trinajstić information content (AvgIpc) is 2.89. The minimum absolute atomic E-state index is 0.0493. The van der Waals surface area contributed by atoms with E-state index < -0.39 is 6.09 Å². The molecular weight excluding hydrogens is 460 g/mol. The third-order valence-corrected chi connectivity index (χ3v) is 5.54. The Labute approximate surface area is 209 Å². The van der Waals surface area contributed by atoms with Crippen LogP contribution in [-0.4, -0.2) is 53.1 Å². The molecule has 0 fully saturated rings. The van der Waals surface area contributed by atoms with Crippen molar-refractivity contribution in [2.45, 2.75) is 26.8 Å². The second-order valence-corrected chi connectivity index (χ2v) is 8.13. The normalized spacial score (nSPS) is 10.4. The molecule has 0 saturated carbocycles. The van der Waals surface area contributed by atoms with E-state index in [0.29, 0.717) is 30.9 Å². The first-order valence-corrected chi connectivity index (χ1v) is 11.6. The van der Waals surface area contributed by atoms with Gasteiger partial charge in [0.1, 0.15) is 5.82 Å². The maximum Gasteiger partial charge on any atom is 0.404 e. The molecule has 3 aromatic rings. The molecule has 4 N–H and O–H groups in total. The molecule has 3 amide bonds. The van der Waals surface area contributed by atoms with E-state index in [1.165, 1.54) is 6.20 Å². The number of pyridine rings is 2. The number of amides is 3. The van der Waals surface area contributed by atoms with Gasteiger partial charge in [-0.2, -0.15) is 0 Å². The SMILES string of the molecule is CCC(=O)N(C)c1ccc(-c2ccc(C(=O)NCc3ccc(NCCNC(=O)O)nc3)cn2)cc1C. The Morgan fingerprint density at radius 1 is 0.972 bits per heavy atom. The van der Waals surface area contributed by atoms with Gasteiger partial charge in [0.05, 0.1) is 11.3 Å². The van der Waals surface area contributed by atoms with Gasteiger partial charge in [-0.3, -0.25) is 14.6 Å². The van der Waals surface area contributed by atoms with Crippen LogP contribution in [0.3, 0.4) is 0 Å². The van der Waals surface area contributed by atoms with Crippen molar-refractivity contribution in [3.63, 3.8) is 0 Å². The first-order chi connectivity index (χ1) is 17.3. The van der Waals surface area contributed by atoms with Crippen molar-refractivity contribution in [1.82, 2.24) is 20.6 Å². The molecule has 0 aliphatic carbocycles. The number of carboxylic acid groups (broad SMARTS) is 1. The number of aromatic nitrogens is 2. The fraction of sp³-hybridized carbons (Fsp3) is 0.269. The van der Waals surface area contributed by atoms with Gasteiger partial charge in [-0.1, -0.05) is 19.1 Å². The van der Waals surface area contributed by atoms with Crippen LogP contribution < -0.4 is 20.9 Å². The lowest BCUT2D eigenvalue weighted by atomic mass is 10.0. The van der Waals surface area contributed by atoms with Gasteiger partial charge in [-0.05, 0) is 48.4 Å². The van der Waals surface area contributed by atoms with Gasteiger partial charge in [0, 0.05) is 56.7 Å². The number of nitrogens with one attached hydrogen (secondary N) is 3. The minimum atomic E-state index is -1.07. The quantitative estimate of drug-likeness (QED) is 0.320. The summed E-state index contributed by atoms with van der Waals surface area (Å²) < 4.78 is 0. The third kappa shape index (κ3) is 7.02. The summed E-state index contributed by atoms with van der Waals surface area (Å²) in [7, 11) is 1.77. The third-order valence-electron chi connectivity index (χ3n) is 5.54. The van der Waals surface area contributed by atoms with Crippen LogP contribution in [0.25, 0.3) is 11.3 Å². The molecule has 3 rings (SSSR count). The smallest absolute Gasteiger partial charge is 0.404 e. The number of carbonyl (C=O) groups is 3. The van der Waals surface area contributed by atoms with E-state index in [4.69, 9.17) is 5.11 Å². The summed E-state index contributed by atoms with van der Waals surface area (Å²) in [5.41, 5.74) is 4.72. The molecule has 0 spiro atoms. The zero-order valence-electron chi connectivity index (χ0n) is 20.5. The van der Waals surface area contributed by atoms with Crippen LogP contribution in [0.15, 0.2) is 54.9 Å². The monoisotopic (exact) mass is 490 g/mol. The molecule has 0 aliphatic rings. The first-order valence-electron chi connectivity index (χ1n) is 11.6. The van der Waals surface area contributed by atoms with E-state index in [0.717, 1.165) is 28.1 Å². The van der Waals surface area contributed by atoms with Crippen LogP contribution >= 0.6 is 0 Å². The van der Waals surface area contributed by atoms with Crippen molar-refractivity contribution in [3.05, 3.63) is 71.5 Å². The molecule has 1 aromatic carbocycles. The molecular formula is C26H30N6O4. The van der Waals surface area contributed by atoms with Crippen molar-refractivity contribution in [3.8, 4) is 11.3 Å². The molecule has 0 bridgehead atoms. The predicted molar refractivity (Wildman–Crippen MR) is 138 cm³/mol. The summed E-state index contributed by atoms with van der Waals surface area (Å²) in [5, 5.41) is 16.7. The zero-order valence-corrected chi connectivity index (χ0v) is 20.5. The van der Waals surface area contributed by atoms with Crippen LogP contribution in [0, 0.1) is 6.92 Å². The molecule has 2 heterocycles. The van der Waals surface area contributed by atoms with Crippen molar-refractivity contribution in [1.29, 1.82) is 0 Å². The fourth-order valence-corrected chi connectivity index (χ4v) is 3.54. The van der Waals surface area contributed by atoms with Gasteiger partial charge in [-0.15, -0.1) is 0 Å². The Kier molecular flexibility index (Phi) is 8.93. The van der Waals surface area contributed by atoms with Gasteiger partial charge in [0.25, 0.3) is 5.91 Å². The number of nitrogens with zero attached hydrogens (tertiary/aromatic N) is 3. The molecule has 0 radical (unpaired) electrons. The second kappa shape index (κ2) is 12.3. The van der Waals surface area contributed by atoms with Crippen molar-refractivity contribution >= 4 is 29.4 Å². The van der Waals surface area contributed by atoms with Gasteiger partial charge in [0.2, 0.25) is 5.91 Å². The highest BCUT2D eigenvalue weighted by Gasteiger charge is 2.13. The standard InChI is InChI=1S/C26H30N6O4/c1-4-24(33)32(3)22-9-7-19(13-17(22)2)21-8-6-20(16-29-21)25(34)31-15-18-5-10-23(30-14-18)27-11-12-28-26(35)36/h5-10,13-14,16,28H,4,11-12,15H2,1-3H3,(H,27,30)(H,31,34)(H,35,36). The lowest BCUT2D eigenvalue weighted by molar-refractivity contribution is -0.118. The molecule has 10 nitrogen and oxygen atoms in total.